The molecule has 136 valence electrons. The van der Waals surface area contributed by atoms with Crippen LogP contribution >= 0.6 is 23.4 Å². The van der Waals surface area contributed by atoms with E-state index in [0.29, 0.717) is 32.7 Å². The van der Waals surface area contributed by atoms with Crippen LogP contribution in [0.1, 0.15) is 5.69 Å². The van der Waals surface area contributed by atoms with Crippen LogP contribution in [-0.4, -0.2) is 27.3 Å². The van der Waals surface area contributed by atoms with Crippen molar-refractivity contribution in [2.45, 2.75) is 10.9 Å². The number of thioether (sulfide) groups is 1. The Morgan fingerprint density at radius 2 is 2.04 bits per heavy atom. The van der Waals surface area contributed by atoms with Gasteiger partial charge in [-0.25, -0.2) is 4.98 Å². The van der Waals surface area contributed by atoms with Gasteiger partial charge in [-0.05, 0) is 24.3 Å². The molecule has 0 bridgehead atoms. The lowest BCUT2D eigenvalue weighted by atomic mass is 10.2. The Kier molecular flexibility index (Phi) is 4.87. The van der Waals surface area contributed by atoms with Gasteiger partial charge in [-0.3, -0.25) is 9.89 Å². The predicted octanol–water partition coefficient (Wildman–Crippen LogP) is 4.27. The molecule has 0 unspecified atom stereocenters. The van der Waals surface area contributed by atoms with E-state index in [1.165, 1.54) is 11.8 Å². The molecule has 0 spiro atoms. The molecule has 0 saturated carbocycles. The number of pyridine rings is 1. The molecule has 0 aliphatic heterocycles. The highest BCUT2D eigenvalue weighted by Gasteiger charge is 2.09. The van der Waals surface area contributed by atoms with Crippen LogP contribution in [0.15, 0.2) is 58.5 Å². The van der Waals surface area contributed by atoms with E-state index in [-0.39, 0.29) is 5.43 Å². The molecule has 0 aliphatic carbocycles. The van der Waals surface area contributed by atoms with Gasteiger partial charge in [-0.15, -0.1) is 5.10 Å². The van der Waals surface area contributed by atoms with Gasteiger partial charge in [-0.1, -0.05) is 41.6 Å². The summed E-state index contributed by atoms with van der Waals surface area (Å²) < 4.78 is 5.23. The van der Waals surface area contributed by atoms with Crippen LogP contribution in [-0.2, 0) is 5.75 Å². The molecule has 8 heteroatoms. The molecule has 27 heavy (non-hydrogen) atoms. The molecule has 0 amide bonds. The predicted molar refractivity (Wildman–Crippen MR) is 108 cm³/mol. The van der Waals surface area contributed by atoms with Gasteiger partial charge in [-0.2, -0.15) is 0 Å². The summed E-state index contributed by atoms with van der Waals surface area (Å²) in [6, 6.07) is 14.4. The topological polar surface area (TPSA) is 83.7 Å². The monoisotopic (exact) mass is 398 g/mol. The average molecular weight is 399 g/mol. The molecule has 0 radical (unpaired) electrons. The summed E-state index contributed by atoms with van der Waals surface area (Å²) in [7, 11) is 1.62. The van der Waals surface area contributed by atoms with Gasteiger partial charge in [0.2, 0.25) is 5.16 Å². The zero-order valence-corrected chi connectivity index (χ0v) is 15.9. The third kappa shape index (κ3) is 3.70. The number of para-hydroxylation sites is 1. The third-order valence-corrected chi connectivity index (χ3v) is 5.25. The van der Waals surface area contributed by atoms with Crippen LogP contribution in [0.4, 0.5) is 0 Å². The van der Waals surface area contributed by atoms with Gasteiger partial charge in [0.05, 0.1) is 17.6 Å². The summed E-state index contributed by atoms with van der Waals surface area (Å²) in [6.45, 7) is 0. The van der Waals surface area contributed by atoms with E-state index in [0.717, 1.165) is 17.0 Å². The van der Waals surface area contributed by atoms with Crippen molar-refractivity contribution >= 4 is 34.3 Å². The van der Waals surface area contributed by atoms with Gasteiger partial charge in [0, 0.05) is 28.5 Å². The summed E-state index contributed by atoms with van der Waals surface area (Å²) >= 11 is 7.62. The molecular weight excluding hydrogens is 384 g/mol. The molecule has 2 heterocycles. The lowest BCUT2D eigenvalue weighted by Crippen LogP contribution is -2.04. The van der Waals surface area contributed by atoms with Crippen molar-refractivity contribution in [3.05, 3.63) is 69.5 Å². The largest absolute Gasteiger partial charge is 0.497 e. The summed E-state index contributed by atoms with van der Waals surface area (Å²) in [5, 5.41) is 8.85. The number of halogens is 1. The first kappa shape index (κ1) is 17.6. The number of ether oxygens (including phenoxy) is 1. The highest BCUT2D eigenvalue weighted by Crippen LogP contribution is 2.25. The highest BCUT2D eigenvalue weighted by atomic mass is 35.5. The van der Waals surface area contributed by atoms with Crippen molar-refractivity contribution in [2.24, 2.45) is 0 Å². The standard InChI is InChI=1S/C19H15ClN4O2S/c1-26-13-5-2-4-11(8-13)18-22-19(24-23-18)27-10-12-9-16(25)14-6-3-7-15(20)17(14)21-12/h2-9H,10H2,1H3,(H,21,25)(H,22,23,24). The molecule has 2 aromatic carbocycles. The van der Waals surface area contributed by atoms with Crippen LogP contribution in [0.3, 0.4) is 0 Å². The maximum absolute atomic E-state index is 12.3. The average Bonchev–Trinajstić information content (AvgIpc) is 3.16. The number of rotatable bonds is 5. The lowest BCUT2D eigenvalue weighted by molar-refractivity contribution is 0.415. The van der Waals surface area contributed by atoms with Gasteiger partial charge in [0.1, 0.15) is 5.75 Å². The van der Waals surface area contributed by atoms with Crippen LogP contribution in [0, 0.1) is 0 Å². The fourth-order valence-electron chi connectivity index (χ4n) is 2.72. The van der Waals surface area contributed by atoms with E-state index in [2.05, 4.69) is 20.2 Å². The zero-order chi connectivity index (χ0) is 18.8. The van der Waals surface area contributed by atoms with E-state index in [1.807, 2.05) is 24.3 Å². The number of hydrogen-bond acceptors (Lipinski definition) is 5. The number of methoxy groups -OCH3 is 1. The number of benzene rings is 2. The van der Waals surface area contributed by atoms with Crippen LogP contribution < -0.4 is 10.2 Å². The maximum atomic E-state index is 12.3. The summed E-state index contributed by atoms with van der Waals surface area (Å²) in [5.74, 6) is 1.93. The molecule has 2 N–H and O–H groups in total. The normalized spacial score (nSPS) is 11.0. The van der Waals surface area contributed by atoms with Crippen LogP contribution in [0.2, 0.25) is 5.02 Å². The third-order valence-electron chi connectivity index (χ3n) is 4.03. The quantitative estimate of drug-likeness (QED) is 0.490. The van der Waals surface area contributed by atoms with E-state index >= 15 is 0 Å². The van der Waals surface area contributed by atoms with Crippen molar-refractivity contribution < 1.29 is 4.74 Å². The minimum atomic E-state index is -0.0612. The van der Waals surface area contributed by atoms with Gasteiger partial charge in [0.25, 0.3) is 0 Å². The van der Waals surface area contributed by atoms with Crippen molar-refractivity contribution in [1.82, 2.24) is 20.2 Å². The first-order chi connectivity index (χ1) is 13.1. The SMILES string of the molecule is COc1cccc(-c2nc(SCc3cc(=O)c4cccc(Cl)c4[nH]3)n[nH]2)c1. The van der Waals surface area contributed by atoms with Gasteiger partial charge in [0.15, 0.2) is 11.3 Å². The number of fused-ring (bicyclic) bond motifs is 1. The molecule has 6 nitrogen and oxygen atoms in total. The van der Waals surface area contributed by atoms with Crippen molar-refractivity contribution in [3.8, 4) is 17.1 Å². The molecule has 0 aliphatic rings. The van der Waals surface area contributed by atoms with Gasteiger partial charge >= 0.3 is 0 Å². The first-order valence-corrected chi connectivity index (χ1v) is 9.50. The zero-order valence-electron chi connectivity index (χ0n) is 14.3. The minimum Gasteiger partial charge on any atom is -0.497 e. The van der Waals surface area contributed by atoms with E-state index in [1.54, 1.807) is 31.4 Å². The number of hydrogen-bond donors (Lipinski definition) is 2. The first-order valence-electron chi connectivity index (χ1n) is 8.14. The summed E-state index contributed by atoms with van der Waals surface area (Å²) in [5.41, 5.74) is 2.24. The number of nitrogens with zero attached hydrogens (tertiary/aromatic N) is 2. The maximum Gasteiger partial charge on any atom is 0.209 e. The Morgan fingerprint density at radius 3 is 2.89 bits per heavy atom. The fraction of sp³-hybridized carbons (Fsp3) is 0.105. The molecule has 2 aromatic heterocycles. The Morgan fingerprint density at radius 1 is 1.19 bits per heavy atom. The molecule has 0 fully saturated rings. The van der Waals surface area contributed by atoms with E-state index in [9.17, 15) is 4.79 Å². The smallest absolute Gasteiger partial charge is 0.209 e. The summed E-state index contributed by atoms with van der Waals surface area (Å²) in [6.07, 6.45) is 0. The minimum absolute atomic E-state index is 0.0612. The number of H-pyrrole nitrogens is 2. The Labute approximate surface area is 163 Å². The lowest BCUT2D eigenvalue weighted by Gasteiger charge is -2.04. The van der Waals surface area contributed by atoms with E-state index in [4.69, 9.17) is 16.3 Å². The van der Waals surface area contributed by atoms with Crippen molar-refractivity contribution in [1.29, 1.82) is 0 Å². The molecule has 0 atom stereocenters. The second kappa shape index (κ2) is 7.46. The second-order valence-electron chi connectivity index (χ2n) is 5.81. The second-order valence-corrected chi connectivity index (χ2v) is 7.16. The highest BCUT2D eigenvalue weighted by molar-refractivity contribution is 7.98. The number of nitrogens with one attached hydrogen (secondary N) is 2. The number of aromatic nitrogens is 4. The molecule has 0 saturated heterocycles. The number of aromatic amines is 2. The van der Waals surface area contributed by atoms with E-state index < -0.39 is 0 Å². The van der Waals surface area contributed by atoms with Crippen LogP contribution in [0.5, 0.6) is 5.75 Å². The molecule has 4 rings (SSSR count). The van der Waals surface area contributed by atoms with Crippen LogP contribution in [0.25, 0.3) is 22.3 Å². The van der Waals surface area contributed by atoms with Gasteiger partial charge < -0.3 is 9.72 Å². The Balaban J connectivity index is 1.54. The van der Waals surface area contributed by atoms with Crippen molar-refractivity contribution in [2.75, 3.05) is 7.11 Å². The Bertz CT molecular complexity index is 1170. The van der Waals surface area contributed by atoms with Crippen molar-refractivity contribution in [3.63, 3.8) is 0 Å². The fourth-order valence-corrected chi connectivity index (χ4v) is 3.65. The summed E-state index contributed by atoms with van der Waals surface area (Å²) in [4.78, 5) is 20.0. The molecule has 4 aromatic rings. The molecular formula is C19H15ClN4O2S. The Hall–Kier alpha value is -2.77.